The average Bonchev–Trinajstić information content (AvgIpc) is 3.14. The van der Waals surface area contributed by atoms with E-state index in [4.69, 9.17) is 9.72 Å². The minimum Gasteiger partial charge on any atom is -0.481 e. The number of carbonyl (C=O) groups excluding carboxylic acids is 3. The summed E-state index contributed by atoms with van der Waals surface area (Å²) in [6, 6.07) is 12.4. The Hall–Kier alpha value is -4.19. The van der Waals surface area contributed by atoms with Gasteiger partial charge in [0.05, 0.1) is 12.3 Å². The van der Waals surface area contributed by atoms with Crippen LogP contribution >= 0.6 is 0 Å². The lowest BCUT2D eigenvalue weighted by Crippen LogP contribution is -2.56. The molecule has 0 bridgehead atoms. The van der Waals surface area contributed by atoms with Crippen molar-refractivity contribution >= 4 is 29.6 Å². The number of aliphatic carboxylic acids is 1. The second-order valence-corrected chi connectivity index (χ2v) is 13.0. The van der Waals surface area contributed by atoms with Gasteiger partial charge < -0.3 is 34.8 Å². The van der Waals surface area contributed by atoms with Gasteiger partial charge in [-0.05, 0) is 56.8 Å². The van der Waals surface area contributed by atoms with Crippen molar-refractivity contribution in [3.63, 3.8) is 0 Å². The lowest BCUT2D eigenvalue weighted by Gasteiger charge is -2.36. The number of piperidine rings is 1. The summed E-state index contributed by atoms with van der Waals surface area (Å²) in [7, 11) is 0. The minimum atomic E-state index is -1.06. The van der Waals surface area contributed by atoms with Gasteiger partial charge in [0.2, 0.25) is 5.91 Å². The van der Waals surface area contributed by atoms with Gasteiger partial charge in [0, 0.05) is 63.5 Å². The zero-order chi connectivity index (χ0) is 35.2. The van der Waals surface area contributed by atoms with E-state index in [-0.39, 0.29) is 37.5 Å². The Balaban J connectivity index is 1.47. The Bertz CT molecular complexity index is 1370. The first kappa shape index (κ1) is 37.6. The first-order valence-electron chi connectivity index (χ1n) is 18.0. The van der Waals surface area contributed by atoms with Crippen LogP contribution in [0.1, 0.15) is 76.2 Å². The summed E-state index contributed by atoms with van der Waals surface area (Å²) in [6.07, 6.45) is 4.19. The quantitative estimate of drug-likeness (QED) is 0.241. The molecule has 2 fully saturated rings. The zero-order valence-corrected chi connectivity index (χ0v) is 29.4. The van der Waals surface area contributed by atoms with Crippen LogP contribution < -0.4 is 10.2 Å². The molecule has 0 spiro atoms. The predicted octanol–water partition coefficient (Wildman–Crippen LogP) is 4.74. The Kier molecular flexibility index (Phi) is 14.7. The molecule has 1 atom stereocenters. The van der Waals surface area contributed by atoms with Crippen LogP contribution in [0.4, 0.5) is 10.5 Å². The molecule has 2 N–H and O–H groups in total. The number of piperazine rings is 1. The van der Waals surface area contributed by atoms with Crippen molar-refractivity contribution in [2.75, 3.05) is 70.4 Å². The number of amides is 3. The SMILES string of the molecule is CCCCCOC(=O)N1CCN(C(=O)[C@H](CCC(=O)O)NC(=O)c2cc(N3CCC(CN(CC)CC)CC3)cc(-c3ccccc3)n2)CC1. The van der Waals surface area contributed by atoms with E-state index in [9.17, 15) is 24.3 Å². The number of carboxylic acids is 1. The highest BCUT2D eigenvalue weighted by atomic mass is 16.6. The molecule has 12 nitrogen and oxygen atoms in total. The molecule has 268 valence electrons. The number of carboxylic acid groups (broad SMARTS) is 1. The average molecular weight is 679 g/mol. The maximum Gasteiger partial charge on any atom is 0.409 e. The van der Waals surface area contributed by atoms with Gasteiger partial charge in [-0.1, -0.05) is 63.9 Å². The molecule has 2 aliphatic heterocycles. The smallest absolute Gasteiger partial charge is 0.409 e. The Morgan fingerprint density at radius 3 is 2.24 bits per heavy atom. The molecule has 4 rings (SSSR count). The standard InChI is InChI=1S/C37H54N6O6/c1-4-7-11-24-49-37(48)43-22-20-42(21-23-43)36(47)31(14-15-34(44)45)39-35(46)33-26-30(25-32(38-33)29-12-9-8-10-13-29)41-18-16-28(17-19-41)27-40(5-2)6-3/h8-10,12-13,25-26,28,31H,4-7,11,14-24,27H2,1-3H3,(H,39,46)(H,44,45)/t31-/m0/s1. The van der Waals surface area contributed by atoms with Gasteiger partial charge in [0.1, 0.15) is 11.7 Å². The first-order valence-corrected chi connectivity index (χ1v) is 18.0. The summed E-state index contributed by atoms with van der Waals surface area (Å²) in [5, 5.41) is 12.3. The molecule has 2 saturated heterocycles. The van der Waals surface area contributed by atoms with Gasteiger partial charge in [-0.2, -0.15) is 0 Å². The molecule has 0 aliphatic carbocycles. The van der Waals surface area contributed by atoms with E-state index in [1.807, 2.05) is 36.4 Å². The fourth-order valence-corrected chi connectivity index (χ4v) is 6.48. The number of rotatable bonds is 16. The van der Waals surface area contributed by atoms with Crippen molar-refractivity contribution in [3.05, 3.63) is 48.2 Å². The van der Waals surface area contributed by atoms with E-state index in [0.717, 1.165) is 76.1 Å². The number of benzene rings is 1. The third-order valence-corrected chi connectivity index (χ3v) is 9.58. The minimum absolute atomic E-state index is 0.0646. The molecular formula is C37H54N6O6. The number of anilines is 1. The summed E-state index contributed by atoms with van der Waals surface area (Å²) in [6.45, 7) is 12.9. The number of nitrogens with one attached hydrogen (secondary N) is 1. The van der Waals surface area contributed by atoms with Crippen LogP contribution in [-0.4, -0.2) is 120 Å². The summed E-state index contributed by atoms with van der Waals surface area (Å²) >= 11 is 0. The van der Waals surface area contributed by atoms with Gasteiger partial charge in [-0.25, -0.2) is 9.78 Å². The fraction of sp³-hybridized carbons (Fsp3) is 0.595. The van der Waals surface area contributed by atoms with Crippen molar-refractivity contribution in [2.24, 2.45) is 5.92 Å². The van der Waals surface area contributed by atoms with Crippen LogP contribution in [-0.2, 0) is 14.3 Å². The van der Waals surface area contributed by atoms with Crippen LogP contribution in [0.3, 0.4) is 0 Å². The number of ether oxygens (including phenoxy) is 1. The van der Waals surface area contributed by atoms with Gasteiger partial charge in [0.15, 0.2) is 0 Å². The maximum absolute atomic E-state index is 13.8. The van der Waals surface area contributed by atoms with Gasteiger partial charge in [-0.15, -0.1) is 0 Å². The van der Waals surface area contributed by atoms with Gasteiger partial charge in [-0.3, -0.25) is 14.4 Å². The molecule has 0 saturated carbocycles. The largest absolute Gasteiger partial charge is 0.481 e. The van der Waals surface area contributed by atoms with E-state index in [1.54, 1.807) is 15.9 Å². The second kappa shape index (κ2) is 19.1. The normalized spacial score (nSPS) is 16.0. The molecule has 3 heterocycles. The van der Waals surface area contributed by atoms with Crippen LogP contribution in [0.25, 0.3) is 11.3 Å². The van der Waals surface area contributed by atoms with E-state index in [1.165, 1.54) is 0 Å². The van der Waals surface area contributed by atoms with Crippen molar-refractivity contribution in [2.45, 2.75) is 71.8 Å². The molecule has 1 aromatic carbocycles. The number of hydrogen-bond donors (Lipinski definition) is 2. The Morgan fingerprint density at radius 1 is 0.939 bits per heavy atom. The monoisotopic (exact) mass is 678 g/mol. The lowest BCUT2D eigenvalue weighted by atomic mass is 9.95. The third kappa shape index (κ3) is 11.2. The highest BCUT2D eigenvalue weighted by molar-refractivity contribution is 5.97. The predicted molar refractivity (Wildman–Crippen MR) is 190 cm³/mol. The van der Waals surface area contributed by atoms with E-state index in [0.29, 0.717) is 31.3 Å². The van der Waals surface area contributed by atoms with Gasteiger partial charge >= 0.3 is 12.1 Å². The number of unbranched alkanes of at least 4 members (excludes halogenated alkanes) is 2. The lowest BCUT2D eigenvalue weighted by molar-refractivity contribution is -0.138. The van der Waals surface area contributed by atoms with E-state index >= 15 is 0 Å². The van der Waals surface area contributed by atoms with E-state index in [2.05, 4.69) is 35.9 Å². The Morgan fingerprint density at radius 2 is 1.61 bits per heavy atom. The van der Waals surface area contributed by atoms with E-state index < -0.39 is 24.0 Å². The Labute approximate surface area is 290 Å². The van der Waals surface area contributed by atoms with Crippen LogP contribution in [0.15, 0.2) is 42.5 Å². The topological polar surface area (TPSA) is 136 Å². The number of aromatic nitrogens is 1. The molecule has 49 heavy (non-hydrogen) atoms. The third-order valence-electron chi connectivity index (χ3n) is 9.58. The van der Waals surface area contributed by atoms with Crippen molar-refractivity contribution in [1.82, 2.24) is 25.0 Å². The summed E-state index contributed by atoms with van der Waals surface area (Å²) in [5.74, 6) is -1.35. The summed E-state index contributed by atoms with van der Waals surface area (Å²) < 4.78 is 5.37. The van der Waals surface area contributed by atoms with Gasteiger partial charge in [0.25, 0.3) is 5.91 Å². The van der Waals surface area contributed by atoms with Crippen LogP contribution in [0.2, 0.25) is 0 Å². The second-order valence-electron chi connectivity index (χ2n) is 13.0. The van der Waals surface area contributed by atoms with Crippen molar-refractivity contribution in [1.29, 1.82) is 0 Å². The number of nitrogens with zero attached hydrogens (tertiary/aromatic N) is 5. The highest BCUT2D eigenvalue weighted by Gasteiger charge is 2.32. The molecule has 0 unspecified atom stereocenters. The number of hydrogen-bond acceptors (Lipinski definition) is 8. The van der Waals surface area contributed by atoms with Crippen molar-refractivity contribution in [3.8, 4) is 11.3 Å². The molecule has 2 aromatic rings. The number of pyridine rings is 1. The van der Waals surface area contributed by atoms with Crippen LogP contribution in [0, 0.1) is 5.92 Å². The fourth-order valence-electron chi connectivity index (χ4n) is 6.48. The first-order chi connectivity index (χ1) is 23.7. The molecule has 1 aromatic heterocycles. The van der Waals surface area contributed by atoms with Crippen molar-refractivity contribution < 1.29 is 29.0 Å². The summed E-state index contributed by atoms with van der Waals surface area (Å²) in [5.41, 5.74) is 2.59. The zero-order valence-electron chi connectivity index (χ0n) is 29.4. The molecule has 0 radical (unpaired) electrons. The number of carbonyl (C=O) groups is 4. The van der Waals surface area contributed by atoms with Crippen LogP contribution in [0.5, 0.6) is 0 Å². The summed E-state index contributed by atoms with van der Waals surface area (Å²) in [4.78, 5) is 64.2. The molecule has 12 heteroatoms. The highest BCUT2D eigenvalue weighted by Crippen LogP contribution is 2.28. The maximum atomic E-state index is 13.8. The molecular weight excluding hydrogens is 624 g/mol. The molecule has 2 aliphatic rings. The molecule has 3 amide bonds.